The summed E-state index contributed by atoms with van der Waals surface area (Å²) in [4.78, 5) is 27.2. The molecule has 2 aromatic rings. The number of amides is 1. The van der Waals surface area contributed by atoms with Crippen molar-refractivity contribution < 1.29 is 14.3 Å². The van der Waals surface area contributed by atoms with Crippen LogP contribution in [-0.2, 0) is 4.74 Å². The highest BCUT2D eigenvalue weighted by molar-refractivity contribution is 6.00. The zero-order valence-electron chi connectivity index (χ0n) is 14.0. The van der Waals surface area contributed by atoms with E-state index in [4.69, 9.17) is 4.74 Å². The number of H-pyrrole nitrogens is 1. The van der Waals surface area contributed by atoms with E-state index in [9.17, 15) is 9.59 Å². The lowest BCUT2D eigenvalue weighted by Crippen LogP contribution is -2.24. The number of rotatable bonds is 4. The molecule has 1 heterocycles. The van der Waals surface area contributed by atoms with Crippen LogP contribution in [0.15, 0.2) is 30.3 Å². The van der Waals surface area contributed by atoms with Gasteiger partial charge in [-0.15, -0.1) is 0 Å². The van der Waals surface area contributed by atoms with Gasteiger partial charge >= 0.3 is 5.97 Å². The summed E-state index contributed by atoms with van der Waals surface area (Å²) in [5, 5.41) is 2.73. The van der Waals surface area contributed by atoms with Crippen LogP contribution >= 0.6 is 0 Å². The number of aromatic amines is 1. The third-order valence-corrected chi connectivity index (χ3v) is 3.49. The fraction of sp³-hybridized carbons (Fsp3) is 0.263. The fourth-order valence-corrected chi connectivity index (χ4v) is 2.37. The van der Waals surface area contributed by atoms with E-state index in [0.717, 1.165) is 5.56 Å². The van der Waals surface area contributed by atoms with E-state index in [1.54, 1.807) is 20.8 Å². The van der Waals surface area contributed by atoms with Gasteiger partial charge in [0.15, 0.2) is 0 Å². The molecule has 0 radical (unpaired) electrons. The molecule has 2 N–H and O–H groups in total. The minimum atomic E-state index is -0.424. The highest BCUT2D eigenvalue weighted by atomic mass is 16.5. The van der Waals surface area contributed by atoms with Gasteiger partial charge in [0, 0.05) is 11.3 Å². The summed E-state index contributed by atoms with van der Waals surface area (Å²) >= 11 is 0. The molecule has 1 aromatic carbocycles. The number of aromatic nitrogens is 1. The van der Waals surface area contributed by atoms with Gasteiger partial charge in [-0.3, -0.25) is 4.79 Å². The van der Waals surface area contributed by atoms with E-state index in [1.807, 2.05) is 30.3 Å². The van der Waals surface area contributed by atoms with E-state index < -0.39 is 5.97 Å². The van der Waals surface area contributed by atoms with Crippen LogP contribution in [0.3, 0.4) is 0 Å². The molecule has 5 nitrogen and oxygen atoms in total. The minimum Gasteiger partial charge on any atom is -0.462 e. The van der Waals surface area contributed by atoms with Crippen molar-refractivity contribution in [1.82, 2.24) is 10.3 Å². The Labute approximate surface area is 141 Å². The third-order valence-electron chi connectivity index (χ3n) is 3.49. The van der Waals surface area contributed by atoms with E-state index in [-0.39, 0.29) is 12.5 Å². The second kappa shape index (κ2) is 8.02. The molecule has 0 atom stereocenters. The lowest BCUT2D eigenvalue weighted by atomic mass is 10.1. The Kier molecular flexibility index (Phi) is 5.80. The Morgan fingerprint density at radius 1 is 1.21 bits per heavy atom. The van der Waals surface area contributed by atoms with Crippen molar-refractivity contribution in [2.75, 3.05) is 13.2 Å². The maximum Gasteiger partial charge on any atom is 0.340 e. The van der Waals surface area contributed by atoms with Gasteiger partial charge in [0.05, 0.1) is 18.7 Å². The molecule has 0 saturated heterocycles. The van der Waals surface area contributed by atoms with Crippen LogP contribution in [0.25, 0.3) is 0 Å². The lowest BCUT2D eigenvalue weighted by Gasteiger charge is -2.03. The average Bonchev–Trinajstić information content (AvgIpc) is 2.87. The third kappa shape index (κ3) is 4.05. The van der Waals surface area contributed by atoms with Gasteiger partial charge in [0.2, 0.25) is 0 Å². The monoisotopic (exact) mass is 324 g/mol. The second-order valence-electron chi connectivity index (χ2n) is 5.20. The molecule has 0 saturated carbocycles. The lowest BCUT2D eigenvalue weighted by molar-refractivity contribution is 0.0525. The number of ether oxygens (including phenoxy) is 1. The van der Waals surface area contributed by atoms with Crippen LogP contribution in [-0.4, -0.2) is 30.0 Å². The van der Waals surface area contributed by atoms with Crippen LogP contribution in [0, 0.1) is 25.7 Å². The minimum absolute atomic E-state index is 0.222. The fourth-order valence-electron chi connectivity index (χ4n) is 2.37. The van der Waals surface area contributed by atoms with Crippen molar-refractivity contribution in [1.29, 1.82) is 0 Å². The van der Waals surface area contributed by atoms with Crippen LogP contribution in [0.4, 0.5) is 0 Å². The molecular formula is C19H20N2O3. The first-order valence-corrected chi connectivity index (χ1v) is 7.73. The zero-order valence-corrected chi connectivity index (χ0v) is 14.0. The van der Waals surface area contributed by atoms with E-state index in [2.05, 4.69) is 22.1 Å². The van der Waals surface area contributed by atoms with Crippen molar-refractivity contribution in [3.63, 3.8) is 0 Å². The molecular weight excluding hydrogens is 304 g/mol. The van der Waals surface area contributed by atoms with Crippen molar-refractivity contribution in [3.05, 3.63) is 58.4 Å². The standard InChI is InChI=1S/C19H20N2O3/c1-4-24-19(23)16-13(2)17(21-14(16)3)18(22)20-12-8-11-15-9-6-5-7-10-15/h5-7,9-10,21H,4,12H2,1-3H3,(H,20,22). The number of nitrogens with one attached hydrogen (secondary N) is 2. The number of aryl methyl sites for hydroxylation is 1. The molecule has 5 heteroatoms. The maximum atomic E-state index is 12.3. The van der Waals surface area contributed by atoms with Crippen molar-refractivity contribution in [2.24, 2.45) is 0 Å². The zero-order chi connectivity index (χ0) is 17.5. The van der Waals surface area contributed by atoms with Crippen LogP contribution in [0.5, 0.6) is 0 Å². The van der Waals surface area contributed by atoms with Gasteiger partial charge in [0.25, 0.3) is 5.91 Å². The molecule has 124 valence electrons. The van der Waals surface area contributed by atoms with Crippen LogP contribution < -0.4 is 5.32 Å². The Morgan fingerprint density at radius 3 is 2.58 bits per heavy atom. The Balaban J connectivity index is 2.04. The highest BCUT2D eigenvalue weighted by Gasteiger charge is 2.22. The van der Waals surface area contributed by atoms with Crippen molar-refractivity contribution >= 4 is 11.9 Å². The molecule has 0 aliphatic carbocycles. The quantitative estimate of drug-likeness (QED) is 0.671. The molecule has 0 aliphatic rings. The Bertz CT molecular complexity index is 795. The smallest absolute Gasteiger partial charge is 0.340 e. The summed E-state index contributed by atoms with van der Waals surface area (Å²) in [5.41, 5.74) is 2.86. The van der Waals surface area contributed by atoms with Gasteiger partial charge in [-0.05, 0) is 38.5 Å². The van der Waals surface area contributed by atoms with E-state index in [1.165, 1.54) is 0 Å². The van der Waals surface area contributed by atoms with E-state index >= 15 is 0 Å². The second-order valence-corrected chi connectivity index (χ2v) is 5.20. The first kappa shape index (κ1) is 17.4. The van der Waals surface area contributed by atoms with Gasteiger partial charge in [-0.2, -0.15) is 0 Å². The predicted molar refractivity (Wildman–Crippen MR) is 91.9 cm³/mol. The molecule has 1 aromatic heterocycles. The summed E-state index contributed by atoms with van der Waals surface area (Å²) in [6.45, 7) is 5.72. The number of carbonyl (C=O) groups is 2. The number of carbonyl (C=O) groups excluding carboxylic acids is 2. The summed E-state index contributed by atoms with van der Waals surface area (Å²) in [5.74, 6) is 5.15. The maximum absolute atomic E-state index is 12.3. The molecule has 1 amide bonds. The summed E-state index contributed by atoms with van der Waals surface area (Å²) in [6.07, 6.45) is 0. The van der Waals surface area contributed by atoms with Gasteiger partial charge < -0.3 is 15.0 Å². The first-order chi connectivity index (χ1) is 11.5. The molecule has 0 bridgehead atoms. The average molecular weight is 324 g/mol. The van der Waals surface area contributed by atoms with Gasteiger partial charge in [-0.1, -0.05) is 30.0 Å². The summed E-state index contributed by atoms with van der Waals surface area (Å²) in [7, 11) is 0. The van der Waals surface area contributed by atoms with Gasteiger partial charge in [-0.25, -0.2) is 4.79 Å². The number of hydrogen-bond donors (Lipinski definition) is 2. The first-order valence-electron chi connectivity index (χ1n) is 7.73. The SMILES string of the molecule is CCOC(=O)c1c(C)[nH]c(C(=O)NCC#Cc2ccccc2)c1C. The van der Waals surface area contributed by atoms with Crippen LogP contribution in [0.2, 0.25) is 0 Å². The summed E-state index contributed by atoms with van der Waals surface area (Å²) < 4.78 is 5.02. The number of benzene rings is 1. The van der Waals surface area contributed by atoms with Crippen molar-refractivity contribution in [2.45, 2.75) is 20.8 Å². The van der Waals surface area contributed by atoms with E-state index in [0.29, 0.717) is 29.1 Å². The van der Waals surface area contributed by atoms with Gasteiger partial charge in [0.1, 0.15) is 5.69 Å². The summed E-state index contributed by atoms with van der Waals surface area (Å²) in [6, 6.07) is 9.54. The molecule has 0 fully saturated rings. The molecule has 2 rings (SSSR count). The Morgan fingerprint density at radius 2 is 1.92 bits per heavy atom. The topological polar surface area (TPSA) is 71.2 Å². The van der Waals surface area contributed by atoms with Crippen molar-refractivity contribution in [3.8, 4) is 11.8 Å². The van der Waals surface area contributed by atoms with Crippen LogP contribution in [0.1, 0.15) is 44.6 Å². The Hall–Kier alpha value is -3.00. The molecule has 0 unspecified atom stereocenters. The number of hydrogen-bond acceptors (Lipinski definition) is 3. The number of esters is 1. The molecule has 24 heavy (non-hydrogen) atoms. The predicted octanol–water partition coefficient (Wildman–Crippen LogP) is 2.59. The highest BCUT2D eigenvalue weighted by Crippen LogP contribution is 2.18. The largest absolute Gasteiger partial charge is 0.462 e. The normalized spacial score (nSPS) is 9.79. The molecule has 0 spiro atoms. The molecule has 0 aliphatic heterocycles.